The molecule has 1 aromatic carbocycles. The van der Waals surface area contributed by atoms with Gasteiger partial charge in [0.15, 0.2) is 11.5 Å². The average Bonchev–Trinajstić information content (AvgIpc) is 2.82. The number of piperazine rings is 1. The number of amides is 2. The number of carbonyl (C=O) groups is 2. The van der Waals surface area contributed by atoms with E-state index in [4.69, 9.17) is 9.47 Å². The largest absolute Gasteiger partial charge is 0.493 e. The summed E-state index contributed by atoms with van der Waals surface area (Å²) < 4.78 is 10.6. The molecule has 2 heterocycles. The Morgan fingerprint density at radius 1 is 0.903 bits per heavy atom. The topological polar surface area (TPSA) is 62.3 Å². The Bertz CT molecular complexity index is 738. The molecule has 2 fully saturated rings. The van der Waals surface area contributed by atoms with Gasteiger partial charge in [-0.3, -0.25) is 9.59 Å². The van der Waals surface area contributed by atoms with Crippen molar-refractivity contribution in [2.45, 2.75) is 39.0 Å². The summed E-state index contributed by atoms with van der Waals surface area (Å²) in [6.45, 7) is 8.48. The standard InChI is InChI=1S/C24H37N3O4/c1-4-25-13-15-27(16-14-25)23(28)8-6-19-9-11-26(12-10-19)24(29)18-20-5-7-21(30-2)22(17-20)31-3/h5,7,17,19H,4,6,8-16,18H2,1-3H3. The molecule has 0 unspecified atom stereocenters. The zero-order valence-corrected chi connectivity index (χ0v) is 19.3. The second-order valence-corrected chi connectivity index (χ2v) is 8.54. The third-order valence-corrected chi connectivity index (χ3v) is 6.71. The first kappa shape index (κ1) is 23.4. The smallest absolute Gasteiger partial charge is 0.226 e. The zero-order valence-electron chi connectivity index (χ0n) is 19.3. The van der Waals surface area contributed by atoms with Crippen LogP contribution >= 0.6 is 0 Å². The highest BCUT2D eigenvalue weighted by atomic mass is 16.5. The number of rotatable bonds is 8. The lowest BCUT2D eigenvalue weighted by molar-refractivity contribution is -0.134. The van der Waals surface area contributed by atoms with Gasteiger partial charge in [0, 0.05) is 45.7 Å². The zero-order chi connectivity index (χ0) is 22.2. The summed E-state index contributed by atoms with van der Waals surface area (Å²) in [5.41, 5.74) is 0.929. The van der Waals surface area contributed by atoms with Crippen LogP contribution in [0.5, 0.6) is 11.5 Å². The van der Waals surface area contributed by atoms with Gasteiger partial charge >= 0.3 is 0 Å². The quantitative estimate of drug-likeness (QED) is 0.633. The predicted octanol–water partition coefficient (Wildman–Crippen LogP) is 2.43. The van der Waals surface area contributed by atoms with E-state index in [0.717, 1.165) is 70.6 Å². The van der Waals surface area contributed by atoms with Crippen molar-refractivity contribution in [3.8, 4) is 11.5 Å². The van der Waals surface area contributed by atoms with Crippen molar-refractivity contribution < 1.29 is 19.1 Å². The molecular weight excluding hydrogens is 394 g/mol. The van der Waals surface area contributed by atoms with Crippen LogP contribution in [-0.2, 0) is 16.0 Å². The molecule has 0 radical (unpaired) electrons. The molecule has 0 atom stereocenters. The van der Waals surface area contributed by atoms with Crippen LogP contribution in [0.1, 0.15) is 38.2 Å². The molecule has 2 aliphatic rings. The molecule has 172 valence electrons. The minimum Gasteiger partial charge on any atom is -0.493 e. The minimum atomic E-state index is 0.149. The Morgan fingerprint density at radius 2 is 1.55 bits per heavy atom. The molecule has 7 heteroatoms. The molecule has 0 aliphatic carbocycles. The molecule has 2 saturated heterocycles. The lowest BCUT2D eigenvalue weighted by Gasteiger charge is -2.35. The first-order chi connectivity index (χ1) is 15.0. The lowest BCUT2D eigenvalue weighted by atomic mass is 9.91. The Balaban J connectivity index is 1.39. The highest BCUT2D eigenvalue weighted by Crippen LogP contribution is 2.28. The fourth-order valence-corrected chi connectivity index (χ4v) is 4.55. The molecule has 7 nitrogen and oxygen atoms in total. The van der Waals surface area contributed by atoms with Crippen molar-refractivity contribution in [3.63, 3.8) is 0 Å². The molecule has 0 saturated carbocycles. The maximum Gasteiger partial charge on any atom is 0.226 e. The number of methoxy groups -OCH3 is 2. The molecule has 1 aromatic rings. The third-order valence-electron chi connectivity index (χ3n) is 6.71. The summed E-state index contributed by atoms with van der Waals surface area (Å²) in [5.74, 6) is 2.29. The van der Waals surface area contributed by atoms with Crippen molar-refractivity contribution in [1.82, 2.24) is 14.7 Å². The van der Waals surface area contributed by atoms with E-state index >= 15 is 0 Å². The van der Waals surface area contributed by atoms with Crippen molar-refractivity contribution in [3.05, 3.63) is 23.8 Å². The number of hydrogen-bond donors (Lipinski definition) is 0. The first-order valence-corrected chi connectivity index (χ1v) is 11.5. The third kappa shape index (κ3) is 6.35. The van der Waals surface area contributed by atoms with Gasteiger partial charge in [-0.2, -0.15) is 0 Å². The summed E-state index contributed by atoms with van der Waals surface area (Å²) in [4.78, 5) is 31.6. The Hall–Kier alpha value is -2.28. The van der Waals surface area contributed by atoms with E-state index in [-0.39, 0.29) is 5.91 Å². The number of ether oxygens (including phenoxy) is 2. The van der Waals surface area contributed by atoms with Crippen molar-refractivity contribution >= 4 is 11.8 Å². The fraction of sp³-hybridized carbons (Fsp3) is 0.667. The van der Waals surface area contributed by atoms with E-state index in [1.165, 1.54) is 0 Å². The second kappa shape index (κ2) is 11.4. The van der Waals surface area contributed by atoms with E-state index in [0.29, 0.717) is 36.2 Å². The monoisotopic (exact) mass is 431 g/mol. The van der Waals surface area contributed by atoms with Gasteiger partial charge in [0.1, 0.15) is 0 Å². The molecule has 0 bridgehead atoms. The Labute approximate surface area is 186 Å². The van der Waals surface area contributed by atoms with Crippen molar-refractivity contribution in [1.29, 1.82) is 0 Å². The lowest BCUT2D eigenvalue weighted by Crippen LogP contribution is -2.48. The highest BCUT2D eigenvalue weighted by Gasteiger charge is 2.25. The first-order valence-electron chi connectivity index (χ1n) is 11.5. The molecular formula is C24H37N3O4. The molecule has 0 spiro atoms. The fourth-order valence-electron chi connectivity index (χ4n) is 4.55. The van der Waals surface area contributed by atoms with Crippen LogP contribution in [0.4, 0.5) is 0 Å². The maximum absolute atomic E-state index is 12.7. The van der Waals surface area contributed by atoms with E-state index in [1.54, 1.807) is 14.2 Å². The van der Waals surface area contributed by atoms with E-state index in [2.05, 4.69) is 11.8 Å². The van der Waals surface area contributed by atoms with Gasteiger partial charge < -0.3 is 24.2 Å². The van der Waals surface area contributed by atoms with Gasteiger partial charge in [0.2, 0.25) is 11.8 Å². The number of benzene rings is 1. The molecule has 3 rings (SSSR count). The number of hydrogen-bond acceptors (Lipinski definition) is 5. The number of nitrogens with zero attached hydrogens (tertiary/aromatic N) is 3. The molecule has 31 heavy (non-hydrogen) atoms. The summed E-state index contributed by atoms with van der Waals surface area (Å²) in [6, 6.07) is 5.63. The predicted molar refractivity (Wildman–Crippen MR) is 120 cm³/mol. The van der Waals surface area contributed by atoms with Crippen LogP contribution < -0.4 is 9.47 Å². The van der Waals surface area contributed by atoms with Crippen LogP contribution in [0, 0.1) is 5.92 Å². The second-order valence-electron chi connectivity index (χ2n) is 8.54. The SMILES string of the molecule is CCN1CCN(C(=O)CCC2CCN(C(=O)Cc3ccc(OC)c(OC)c3)CC2)CC1. The van der Waals surface area contributed by atoms with Gasteiger partial charge in [-0.05, 0) is 49.4 Å². The van der Waals surface area contributed by atoms with Crippen LogP contribution in [0.3, 0.4) is 0 Å². The summed E-state index contributed by atoms with van der Waals surface area (Å²) in [7, 11) is 3.21. The van der Waals surface area contributed by atoms with E-state index in [9.17, 15) is 9.59 Å². The molecule has 0 N–H and O–H groups in total. The van der Waals surface area contributed by atoms with Crippen molar-refractivity contribution in [2.75, 3.05) is 60.0 Å². The average molecular weight is 432 g/mol. The van der Waals surface area contributed by atoms with Gasteiger partial charge in [-0.15, -0.1) is 0 Å². The van der Waals surface area contributed by atoms with Gasteiger partial charge in [-0.25, -0.2) is 0 Å². The van der Waals surface area contributed by atoms with E-state index in [1.807, 2.05) is 28.0 Å². The number of likely N-dealkylation sites (tertiary alicyclic amines) is 1. The normalized spacial score (nSPS) is 18.2. The summed E-state index contributed by atoms with van der Waals surface area (Å²) in [5, 5.41) is 0. The van der Waals surface area contributed by atoms with Crippen molar-refractivity contribution in [2.24, 2.45) is 5.92 Å². The van der Waals surface area contributed by atoms with Crippen LogP contribution in [0.25, 0.3) is 0 Å². The van der Waals surface area contributed by atoms with Gasteiger partial charge in [-0.1, -0.05) is 13.0 Å². The summed E-state index contributed by atoms with van der Waals surface area (Å²) >= 11 is 0. The maximum atomic E-state index is 12.7. The van der Waals surface area contributed by atoms with Crippen LogP contribution in [-0.4, -0.2) is 86.5 Å². The van der Waals surface area contributed by atoms with Crippen LogP contribution in [0.2, 0.25) is 0 Å². The Kier molecular flexibility index (Phi) is 8.58. The van der Waals surface area contributed by atoms with Gasteiger partial charge in [0.05, 0.1) is 20.6 Å². The number of piperidine rings is 1. The van der Waals surface area contributed by atoms with E-state index < -0.39 is 0 Å². The van der Waals surface area contributed by atoms with Gasteiger partial charge in [0.25, 0.3) is 0 Å². The minimum absolute atomic E-state index is 0.149. The molecule has 0 aromatic heterocycles. The molecule has 2 amide bonds. The number of carbonyl (C=O) groups excluding carboxylic acids is 2. The Morgan fingerprint density at radius 3 is 2.16 bits per heavy atom. The molecule has 2 aliphatic heterocycles. The van der Waals surface area contributed by atoms with Crippen LogP contribution in [0.15, 0.2) is 18.2 Å². The highest BCUT2D eigenvalue weighted by molar-refractivity contribution is 5.79. The number of likely N-dealkylation sites (N-methyl/N-ethyl adjacent to an activating group) is 1. The summed E-state index contributed by atoms with van der Waals surface area (Å²) in [6.07, 6.45) is 3.90.